The zero-order valence-electron chi connectivity index (χ0n) is 9.42. The first-order valence-corrected chi connectivity index (χ1v) is 5.25. The van der Waals surface area contributed by atoms with Gasteiger partial charge >= 0.3 is 0 Å². The van der Waals surface area contributed by atoms with Crippen LogP contribution in [-0.4, -0.2) is 0 Å². The minimum Gasteiger partial charge on any atom is -0.353 e. The van der Waals surface area contributed by atoms with Gasteiger partial charge in [-0.2, -0.15) is 0 Å². The number of benzene rings is 2. The minimum atomic E-state index is -0.222. The average Bonchev–Trinajstić information content (AvgIpc) is 2.25. The Hall–Kier alpha value is -1.83. The second-order valence-corrected chi connectivity index (χ2v) is 3.97. The number of nitrogens with one attached hydrogen (secondary N) is 1. The average molecular weight is 215 g/mol. The highest BCUT2D eigenvalue weighted by molar-refractivity contribution is 5.60. The molecule has 0 amide bonds. The van der Waals surface area contributed by atoms with Crippen molar-refractivity contribution in [3.05, 3.63) is 59.4 Å². The summed E-state index contributed by atoms with van der Waals surface area (Å²) in [5, 5.41) is 3.05. The lowest BCUT2D eigenvalue weighted by atomic mass is 10.2. The Morgan fingerprint density at radius 2 is 1.50 bits per heavy atom. The predicted octanol–water partition coefficient (Wildman–Crippen LogP) is 4.19. The van der Waals surface area contributed by atoms with Crippen LogP contribution in [0.4, 0.5) is 15.8 Å². The van der Waals surface area contributed by atoms with Crippen LogP contribution in [0.25, 0.3) is 0 Å². The van der Waals surface area contributed by atoms with Crippen LogP contribution in [0.5, 0.6) is 0 Å². The van der Waals surface area contributed by atoms with Crippen molar-refractivity contribution < 1.29 is 4.39 Å². The number of hydrogen-bond donors (Lipinski definition) is 1. The van der Waals surface area contributed by atoms with Crippen molar-refractivity contribution in [1.29, 1.82) is 0 Å². The van der Waals surface area contributed by atoms with Gasteiger partial charge in [0.1, 0.15) is 5.82 Å². The molecule has 1 N–H and O–H groups in total. The van der Waals surface area contributed by atoms with E-state index < -0.39 is 0 Å². The molecule has 82 valence electrons. The van der Waals surface area contributed by atoms with Gasteiger partial charge in [-0.1, -0.05) is 23.8 Å². The fourth-order valence-corrected chi connectivity index (χ4v) is 1.51. The molecule has 0 spiro atoms. The van der Waals surface area contributed by atoms with Crippen LogP contribution in [-0.2, 0) is 0 Å². The van der Waals surface area contributed by atoms with Gasteiger partial charge in [-0.3, -0.25) is 0 Å². The Labute approximate surface area is 94.9 Å². The molecule has 2 rings (SSSR count). The summed E-state index contributed by atoms with van der Waals surface area (Å²) in [5.74, 6) is -0.222. The van der Waals surface area contributed by atoms with E-state index in [1.165, 1.54) is 11.6 Å². The number of halogens is 1. The zero-order valence-corrected chi connectivity index (χ0v) is 9.42. The van der Waals surface area contributed by atoms with Crippen molar-refractivity contribution in [2.45, 2.75) is 13.8 Å². The van der Waals surface area contributed by atoms with Crippen molar-refractivity contribution in [3.8, 4) is 0 Å². The normalized spacial score (nSPS) is 10.2. The van der Waals surface area contributed by atoms with E-state index in [-0.39, 0.29) is 5.82 Å². The van der Waals surface area contributed by atoms with Crippen LogP contribution >= 0.6 is 0 Å². The summed E-state index contributed by atoms with van der Waals surface area (Å²) < 4.78 is 13.6. The van der Waals surface area contributed by atoms with E-state index in [0.717, 1.165) is 11.3 Å². The SMILES string of the molecule is Cc1ccc(Nc2ccc(C)cc2F)cc1. The van der Waals surface area contributed by atoms with E-state index in [9.17, 15) is 4.39 Å². The number of aryl methyl sites for hydroxylation is 2. The monoisotopic (exact) mass is 215 g/mol. The molecule has 0 saturated carbocycles. The first-order chi connectivity index (χ1) is 7.65. The molecule has 2 heteroatoms. The third-order valence-electron chi connectivity index (χ3n) is 2.46. The van der Waals surface area contributed by atoms with Crippen LogP contribution in [0.3, 0.4) is 0 Å². The Kier molecular flexibility index (Phi) is 2.91. The molecular weight excluding hydrogens is 201 g/mol. The van der Waals surface area contributed by atoms with Crippen LogP contribution in [0.15, 0.2) is 42.5 Å². The molecule has 2 aromatic rings. The highest BCUT2D eigenvalue weighted by atomic mass is 19.1. The number of hydrogen-bond acceptors (Lipinski definition) is 1. The Morgan fingerprint density at radius 3 is 2.12 bits per heavy atom. The second kappa shape index (κ2) is 4.35. The maximum Gasteiger partial charge on any atom is 0.146 e. The van der Waals surface area contributed by atoms with Gasteiger partial charge in [0.15, 0.2) is 0 Å². The molecule has 2 aromatic carbocycles. The summed E-state index contributed by atoms with van der Waals surface area (Å²) >= 11 is 0. The molecule has 0 aliphatic carbocycles. The number of rotatable bonds is 2. The van der Waals surface area contributed by atoms with E-state index in [1.807, 2.05) is 44.2 Å². The molecule has 0 unspecified atom stereocenters. The highest BCUT2D eigenvalue weighted by Crippen LogP contribution is 2.20. The molecule has 0 aliphatic rings. The number of anilines is 2. The summed E-state index contributed by atoms with van der Waals surface area (Å²) in [6, 6.07) is 13.0. The van der Waals surface area contributed by atoms with Gasteiger partial charge in [-0.15, -0.1) is 0 Å². The molecular formula is C14H14FN. The Bertz CT molecular complexity index is 489. The maximum atomic E-state index is 13.6. The van der Waals surface area contributed by atoms with Gasteiger partial charge in [0, 0.05) is 5.69 Å². The standard InChI is InChI=1S/C14H14FN/c1-10-3-6-12(7-4-10)16-14-8-5-11(2)9-13(14)15/h3-9,16H,1-2H3. The summed E-state index contributed by atoms with van der Waals surface area (Å²) in [5.41, 5.74) is 3.52. The lowest BCUT2D eigenvalue weighted by Crippen LogP contribution is -1.94. The van der Waals surface area contributed by atoms with E-state index in [2.05, 4.69) is 5.32 Å². The largest absolute Gasteiger partial charge is 0.353 e. The quantitative estimate of drug-likeness (QED) is 0.792. The Balaban J connectivity index is 2.23. The van der Waals surface area contributed by atoms with Gasteiger partial charge < -0.3 is 5.32 Å². The van der Waals surface area contributed by atoms with E-state index in [1.54, 1.807) is 6.07 Å². The summed E-state index contributed by atoms with van der Waals surface area (Å²) in [7, 11) is 0. The van der Waals surface area contributed by atoms with Gasteiger partial charge in [0.05, 0.1) is 5.69 Å². The molecule has 16 heavy (non-hydrogen) atoms. The third kappa shape index (κ3) is 2.40. The van der Waals surface area contributed by atoms with Crippen LogP contribution in [0.2, 0.25) is 0 Å². The first kappa shape index (κ1) is 10.7. The van der Waals surface area contributed by atoms with Gasteiger partial charge in [-0.25, -0.2) is 4.39 Å². The van der Waals surface area contributed by atoms with Crippen LogP contribution in [0, 0.1) is 19.7 Å². The van der Waals surface area contributed by atoms with Crippen molar-refractivity contribution in [2.75, 3.05) is 5.32 Å². The van der Waals surface area contributed by atoms with Crippen molar-refractivity contribution in [3.63, 3.8) is 0 Å². The van der Waals surface area contributed by atoms with E-state index in [4.69, 9.17) is 0 Å². The molecule has 0 atom stereocenters. The van der Waals surface area contributed by atoms with E-state index in [0.29, 0.717) is 5.69 Å². The lowest BCUT2D eigenvalue weighted by molar-refractivity contribution is 0.631. The summed E-state index contributed by atoms with van der Waals surface area (Å²) in [4.78, 5) is 0. The molecule has 1 nitrogen and oxygen atoms in total. The van der Waals surface area contributed by atoms with E-state index >= 15 is 0 Å². The molecule has 0 bridgehead atoms. The maximum absolute atomic E-state index is 13.6. The van der Waals surface area contributed by atoms with Crippen molar-refractivity contribution in [2.24, 2.45) is 0 Å². The van der Waals surface area contributed by atoms with Gasteiger partial charge in [0.25, 0.3) is 0 Å². The molecule has 0 saturated heterocycles. The molecule has 0 radical (unpaired) electrons. The molecule has 0 fully saturated rings. The Morgan fingerprint density at radius 1 is 0.875 bits per heavy atom. The molecule has 0 aromatic heterocycles. The van der Waals surface area contributed by atoms with Crippen LogP contribution in [0.1, 0.15) is 11.1 Å². The van der Waals surface area contributed by atoms with Crippen molar-refractivity contribution >= 4 is 11.4 Å². The summed E-state index contributed by atoms with van der Waals surface area (Å²) in [6.45, 7) is 3.90. The fourth-order valence-electron chi connectivity index (χ4n) is 1.51. The van der Waals surface area contributed by atoms with Gasteiger partial charge in [-0.05, 0) is 43.7 Å². The second-order valence-electron chi connectivity index (χ2n) is 3.97. The first-order valence-electron chi connectivity index (χ1n) is 5.25. The molecule has 0 heterocycles. The third-order valence-corrected chi connectivity index (χ3v) is 2.46. The lowest BCUT2D eigenvalue weighted by Gasteiger charge is -2.08. The topological polar surface area (TPSA) is 12.0 Å². The van der Waals surface area contributed by atoms with Crippen LogP contribution < -0.4 is 5.32 Å². The minimum absolute atomic E-state index is 0.222. The predicted molar refractivity (Wildman–Crippen MR) is 65.6 cm³/mol. The fraction of sp³-hybridized carbons (Fsp3) is 0.143. The summed E-state index contributed by atoms with van der Waals surface area (Å²) in [6.07, 6.45) is 0. The van der Waals surface area contributed by atoms with Gasteiger partial charge in [0.2, 0.25) is 0 Å². The molecule has 0 aliphatic heterocycles. The zero-order chi connectivity index (χ0) is 11.5. The smallest absolute Gasteiger partial charge is 0.146 e. The highest BCUT2D eigenvalue weighted by Gasteiger charge is 2.01. The van der Waals surface area contributed by atoms with Crippen molar-refractivity contribution in [1.82, 2.24) is 0 Å².